The van der Waals surface area contributed by atoms with Gasteiger partial charge in [0, 0.05) is 11.1 Å². The van der Waals surface area contributed by atoms with E-state index in [4.69, 9.17) is 9.47 Å². The molecule has 0 unspecified atom stereocenters. The topological polar surface area (TPSA) is 35.5 Å². The minimum Gasteiger partial charge on any atom is -0.434 e. The molecule has 0 spiro atoms. The van der Waals surface area contributed by atoms with Crippen LogP contribution in [0, 0.1) is 6.92 Å². The lowest BCUT2D eigenvalue weighted by atomic mass is 9.78. The van der Waals surface area contributed by atoms with E-state index in [2.05, 4.69) is 67.5 Å². The zero-order valence-electron chi connectivity index (χ0n) is 19.5. The van der Waals surface area contributed by atoms with E-state index in [1.807, 2.05) is 0 Å². The van der Waals surface area contributed by atoms with Crippen molar-refractivity contribution in [1.82, 2.24) is 0 Å². The van der Waals surface area contributed by atoms with Gasteiger partial charge in [-0.15, -0.1) is 0 Å². The molecule has 28 heavy (non-hydrogen) atoms. The molecule has 1 aromatic carbocycles. The molecule has 0 radical (unpaired) electrons. The summed E-state index contributed by atoms with van der Waals surface area (Å²) >= 11 is 0. The highest BCUT2D eigenvalue weighted by Gasteiger charge is 2.29. The molecule has 0 N–H and O–H groups in total. The molecule has 0 bridgehead atoms. The lowest BCUT2D eigenvalue weighted by Gasteiger charge is -2.29. The summed E-state index contributed by atoms with van der Waals surface area (Å²) in [5, 5.41) is 0. The van der Waals surface area contributed by atoms with Crippen LogP contribution < -0.4 is 4.74 Å². The zero-order chi connectivity index (χ0) is 21.4. The Morgan fingerprint density at radius 2 is 1.29 bits per heavy atom. The van der Waals surface area contributed by atoms with Gasteiger partial charge in [0.05, 0.1) is 6.61 Å². The minimum atomic E-state index is -0.592. The molecule has 3 heteroatoms. The highest BCUT2D eigenvalue weighted by molar-refractivity contribution is 5.67. The van der Waals surface area contributed by atoms with Crippen molar-refractivity contribution in [3.63, 3.8) is 0 Å². The first-order valence-electron chi connectivity index (χ1n) is 11.0. The van der Waals surface area contributed by atoms with E-state index >= 15 is 0 Å². The molecule has 0 aromatic heterocycles. The van der Waals surface area contributed by atoms with Crippen molar-refractivity contribution in [3.05, 3.63) is 28.8 Å². The Morgan fingerprint density at radius 1 is 0.821 bits per heavy atom. The van der Waals surface area contributed by atoms with E-state index in [9.17, 15) is 4.79 Å². The molecule has 1 rings (SSSR count). The van der Waals surface area contributed by atoms with Gasteiger partial charge in [-0.2, -0.15) is 0 Å². The molecule has 0 saturated carbocycles. The van der Waals surface area contributed by atoms with Crippen LogP contribution in [0.15, 0.2) is 12.1 Å². The fraction of sp³-hybridized carbons (Fsp3) is 0.720. The number of benzene rings is 1. The second kappa shape index (κ2) is 10.9. The van der Waals surface area contributed by atoms with Gasteiger partial charge in [0.2, 0.25) is 0 Å². The Hall–Kier alpha value is -1.51. The molecule has 160 valence electrons. The quantitative estimate of drug-likeness (QED) is 0.244. The Labute approximate surface area is 173 Å². The Bertz CT molecular complexity index is 583. The summed E-state index contributed by atoms with van der Waals surface area (Å²) in [7, 11) is 0. The summed E-state index contributed by atoms with van der Waals surface area (Å²) in [4.78, 5) is 12.4. The number of hydrogen-bond acceptors (Lipinski definition) is 3. The van der Waals surface area contributed by atoms with Gasteiger partial charge in [-0.1, -0.05) is 105 Å². The number of unbranched alkanes of at least 4 members (excludes halogenated alkanes) is 6. The number of hydrogen-bond donors (Lipinski definition) is 0. The van der Waals surface area contributed by atoms with E-state index in [0.717, 1.165) is 24.0 Å². The van der Waals surface area contributed by atoms with Crippen molar-refractivity contribution >= 4 is 6.16 Å². The third kappa shape index (κ3) is 8.24. The molecule has 0 aliphatic heterocycles. The van der Waals surface area contributed by atoms with Crippen LogP contribution in [0.2, 0.25) is 0 Å². The van der Waals surface area contributed by atoms with Gasteiger partial charge < -0.3 is 9.47 Å². The molecule has 1 aromatic rings. The Morgan fingerprint density at radius 3 is 1.75 bits per heavy atom. The third-order valence-electron chi connectivity index (χ3n) is 5.00. The molecular formula is C25H42O3. The number of aryl methyl sites for hydroxylation is 1. The third-order valence-corrected chi connectivity index (χ3v) is 5.00. The lowest BCUT2D eigenvalue weighted by Crippen LogP contribution is -2.22. The predicted molar refractivity (Wildman–Crippen MR) is 119 cm³/mol. The van der Waals surface area contributed by atoms with Crippen LogP contribution >= 0.6 is 0 Å². The summed E-state index contributed by atoms with van der Waals surface area (Å²) in [5.41, 5.74) is 3.02. The van der Waals surface area contributed by atoms with E-state index < -0.39 is 6.16 Å². The summed E-state index contributed by atoms with van der Waals surface area (Å²) in [5.74, 6) is 0.662. The van der Waals surface area contributed by atoms with Crippen molar-refractivity contribution in [2.75, 3.05) is 6.61 Å². The molecular weight excluding hydrogens is 348 g/mol. The van der Waals surface area contributed by atoms with Gasteiger partial charge in [-0.05, 0) is 24.2 Å². The fourth-order valence-corrected chi connectivity index (χ4v) is 3.32. The van der Waals surface area contributed by atoms with E-state index in [1.54, 1.807) is 0 Å². The van der Waals surface area contributed by atoms with Gasteiger partial charge in [0.25, 0.3) is 0 Å². The molecule has 3 nitrogen and oxygen atoms in total. The molecule has 0 atom stereocenters. The van der Waals surface area contributed by atoms with Crippen LogP contribution in [-0.4, -0.2) is 12.8 Å². The molecule has 0 saturated heterocycles. The van der Waals surface area contributed by atoms with Gasteiger partial charge in [-0.3, -0.25) is 0 Å². The van der Waals surface area contributed by atoms with E-state index in [1.165, 1.54) is 37.7 Å². The normalized spacial score (nSPS) is 12.1. The van der Waals surface area contributed by atoms with Crippen LogP contribution in [0.3, 0.4) is 0 Å². The average Bonchev–Trinajstić information content (AvgIpc) is 2.56. The smallest absolute Gasteiger partial charge is 0.434 e. The van der Waals surface area contributed by atoms with Crippen LogP contribution in [0.1, 0.15) is 110 Å². The first-order valence-corrected chi connectivity index (χ1v) is 11.0. The number of ether oxygens (including phenoxy) is 2. The van der Waals surface area contributed by atoms with Crippen molar-refractivity contribution in [2.24, 2.45) is 0 Å². The van der Waals surface area contributed by atoms with Gasteiger partial charge in [-0.25, -0.2) is 4.79 Å². The number of carbonyl (C=O) groups excluding carboxylic acids is 1. The van der Waals surface area contributed by atoms with Crippen molar-refractivity contribution < 1.29 is 14.3 Å². The lowest BCUT2D eigenvalue weighted by molar-refractivity contribution is 0.0959. The SMILES string of the molecule is CCCCCCCCCOC(=O)Oc1c(C(C)(C)C)cc(C)cc1C(C)(C)C. The zero-order valence-corrected chi connectivity index (χ0v) is 19.5. The van der Waals surface area contributed by atoms with Gasteiger partial charge in [0.1, 0.15) is 5.75 Å². The first kappa shape index (κ1) is 24.5. The molecule has 0 fully saturated rings. The number of rotatable bonds is 9. The van der Waals surface area contributed by atoms with Gasteiger partial charge in [0.15, 0.2) is 0 Å². The fourth-order valence-electron chi connectivity index (χ4n) is 3.32. The van der Waals surface area contributed by atoms with Gasteiger partial charge >= 0.3 is 6.16 Å². The van der Waals surface area contributed by atoms with Crippen LogP contribution in [0.5, 0.6) is 5.75 Å². The van der Waals surface area contributed by atoms with Crippen LogP contribution in [0.4, 0.5) is 4.79 Å². The first-order chi connectivity index (χ1) is 13.0. The second-order valence-corrected chi connectivity index (χ2v) is 10.0. The Kier molecular flexibility index (Phi) is 9.53. The van der Waals surface area contributed by atoms with Crippen molar-refractivity contribution in [2.45, 2.75) is 111 Å². The van der Waals surface area contributed by atoms with Crippen molar-refractivity contribution in [3.8, 4) is 5.75 Å². The largest absolute Gasteiger partial charge is 0.513 e. The van der Waals surface area contributed by atoms with E-state index in [-0.39, 0.29) is 10.8 Å². The summed E-state index contributed by atoms with van der Waals surface area (Å²) < 4.78 is 11.2. The van der Waals surface area contributed by atoms with Crippen molar-refractivity contribution in [1.29, 1.82) is 0 Å². The highest BCUT2D eigenvalue weighted by atomic mass is 16.7. The maximum absolute atomic E-state index is 12.4. The van der Waals surface area contributed by atoms with Crippen LogP contribution in [-0.2, 0) is 15.6 Å². The maximum atomic E-state index is 12.4. The molecule has 0 aliphatic rings. The summed E-state index contributed by atoms with van der Waals surface area (Å²) in [6.07, 6.45) is 7.76. The van der Waals surface area contributed by atoms with E-state index in [0.29, 0.717) is 12.4 Å². The highest BCUT2D eigenvalue weighted by Crippen LogP contribution is 2.40. The average molecular weight is 391 g/mol. The minimum absolute atomic E-state index is 0.125. The van der Waals surface area contributed by atoms with Crippen LogP contribution in [0.25, 0.3) is 0 Å². The second-order valence-electron chi connectivity index (χ2n) is 10.0. The predicted octanol–water partition coefficient (Wildman–Crippen LogP) is 7.86. The molecule has 0 amide bonds. The standard InChI is InChI=1S/C25H42O3/c1-9-10-11-12-13-14-15-16-27-23(26)28-22-20(24(3,4)5)17-19(2)18-21(22)25(6,7)8/h17-18H,9-16H2,1-8H3. The molecule has 0 heterocycles. The Balaban J connectivity index is 2.75. The summed E-state index contributed by atoms with van der Waals surface area (Å²) in [6.45, 7) is 17.6. The summed E-state index contributed by atoms with van der Waals surface area (Å²) in [6, 6.07) is 4.24. The maximum Gasteiger partial charge on any atom is 0.513 e. The monoisotopic (exact) mass is 390 g/mol. The molecule has 0 aliphatic carbocycles. The number of carbonyl (C=O) groups is 1.